The van der Waals surface area contributed by atoms with E-state index in [0.717, 1.165) is 34.8 Å². The summed E-state index contributed by atoms with van der Waals surface area (Å²) in [7, 11) is -0.431. The number of rotatable bonds is 5. The fraction of sp³-hybridized carbons (Fsp3) is 0.714. The zero-order valence-electron chi connectivity index (χ0n) is 13.4. The van der Waals surface area contributed by atoms with Crippen LogP contribution in [0.5, 0.6) is 0 Å². The molecule has 1 aliphatic rings. The minimum Gasteiger partial charge on any atom is -0.246 e. The van der Waals surface area contributed by atoms with Crippen LogP contribution in [0.4, 0.5) is 0 Å². The molecule has 0 bridgehead atoms. The van der Waals surface area contributed by atoms with Gasteiger partial charge in [-0.15, -0.1) is 11.3 Å². The van der Waals surface area contributed by atoms with Crippen molar-refractivity contribution in [2.75, 3.05) is 20.6 Å². The SMILES string of the molecule is Cc1nc2c(s1)C(N(C)S(=O)(=O)N(C)CC(C)C#N)CCC2. The summed E-state index contributed by atoms with van der Waals surface area (Å²) in [4.78, 5) is 5.58. The van der Waals surface area contributed by atoms with Crippen LogP contribution in [0.2, 0.25) is 0 Å². The van der Waals surface area contributed by atoms with E-state index in [9.17, 15) is 8.42 Å². The van der Waals surface area contributed by atoms with Gasteiger partial charge in [-0.05, 0) is 33.1 Å². The first-order valence-corrected chi connectivity index (χ1v) is 9.53. The van der Waals surface area contributed by atoms with Gasteiger partial charge in [-0.3, -0.25) is 0 Å². The Morgan fingerprint density at radius 1 is 1.50 bits per heavy atom. The molecule has 0 saturated heterocycles. The minimum atomic E-state index is -3.58. The van der Waals surface area contributed by atoms with E-state index in [-0.39, 0.29) is 18.5 Å². The average Bonchev–Trinajstić information content (AvgIpc) is 2.85. The van der Waals surface area contributed by atoms with Crippen LogP contribution in [0, 0.1) is 24.2 Å². The van der Waals surface area contributed by atoms with Crippen molar-refractivity contribution in [1.82, 2.24) is 13.6 Å². The monoisotopic (exact) mass is 342 g/mol. The van der Waals surface area contributed by atoms with E-state index in [4.69, 9.17) is 5.26 Å². The third-order valence-corrected chi connectivity index (χ3v) is 7.01. The standard InChI is InChI=1S/C14H22N4O2S2/c1-10(8-15)9-17(3)22(19,20)18(4)13-7-5-6-12-14(13)21-11(2)16-12/h10,13H,5-7,9H2,1-4H3. The van der Waals surface area contributed by atoms with Gasteiger partial charge in [0.05, 0.1) is 28.7 Å². The molecule has 8 heteroatoms. The predicted octanol–water partition coefficient (Wildman–Crippen LogP) is 2.10. The lowest BCUT2D eigenvalue weighted by atomic mass is 9.98. The van der Waals surface area contributed by atoms with Gasteiger partial charge in [-0.1, -0.05) is 0 Å². The number of aromatic nitrogens is 1. The number of hydrogen-bond acceptors (Lipinski definition) is 5. The summed E-state index contributed by atoms with van der Waals surface area (Å²) in [5, 5.41) is 9.86. The van der Waals surface area contributed by atoms with Crippen LogP contribution < -0.4 is 0 Å². The summed E-state index contributed by atoms with van der Waals surface area (Å²) in [5.41, 5.74) is 1.04. The molecule has 1 aromatic rings. The van der Waals surface area contributed by atoms with E-state index in [1.165, 1.54) is 15.7 Å². The first kappa shape index (κ1) is 17.3. The van der Waals surface area contributed by atoms with Gasteiger partial charge in [0.1, 0.15) is 0 Å². The minimum absolute atomic E-state index is 0.153. The Kier molecular flexibility index (Phi) is 5.22. The maximum Gasteiger partial charge on any atom is 0.282 e. The van der Waals surface area contributed by atoms with Crippen molar-refractivity contribution < 1.29 is 8.42 Å². The zero-order valence-corrected chi connectivity index (χ0v) is 15.0. The van der Waals surface area contributed by atoms with Crippen LogP contribution in [0.3, 0.4) is 0 Å². The molecule has 0 N–H and O–H groups in total. The molecule has 0 aliphatic heterocycles. The molecular weight excluding hydrogens is 320 g/mol. The lowest BCUT2D eigenvalue weighted by Crippen LogP contribution is -2.43. The highest BCUT2D eigenvalue weighted by Crippen LogP contribution is 2.38. The Hall–Kier alpha value is -1.01. The van der Waals surface area contributed by atoms with Crippen molar-refractivity contribution >= 4 is 21.5 Å². The Labute approximate surface area is 136 Å². The van der Waals surface area contributed by atoms with Crippen molar-refractivity contribution in [2.24, 2.45) is 5.92 Å². The summed E-state index contributed by atoms with van der Waals surface area (Å²) in [6.07, 6.45) is 2.68. The molecule has 0 saturated carbocycles. The van der Waals surface area contributed by atoms with E-state index in [0.29, 0.717) is 0 Å². The summed E-state index contributed by atoms with van der Waals surface area (Å²) >= 11 is 1.58. The summed E-state index contributed by atoms with van der Waals surface area (Å²) in [6, 6.07) is 1.92. The fourth-order valence-corrected chi connectivity index (χ4v) is 5.37. The van der Waals surface area contributed by atoms with Gasteiger partial charge in [0.15, 0.2) is 0 Å². The van der Waals surface area contributed by atoms with Crippen LogP contribution in [0.25, 0.3) is 0 Å². The molecule has 0 fully saturated rings. The second-order valence-electron chi connectivity index (χ2n) is 5.79. The third-order valence-electron chi connectivity index (χ3n) is 3.98. The fourth-order valence-electron chi connectivity index (χ4n) is 2.77. The molecule has 0 aromatic carbocycles. The van der Waals surface area contributed by atoms with Gasteiger partial charge in [0.2, 0.25) is 0 Å². The molecule has 0 spiro atoms. The molecule has 2 rings (SSSR count). The molecule has 1 aromatic heterocycles. The Morgan fingerprint density at radius 3 is 2.82 bits per heavy atom. The highest BCUT2D eigenvalue weighted by molar-refractivity contribution is 7.86. The second-order valence-corrected chi connectivity index (χ2v) is 9.12. The molecular formula is C14H22N4O2S2. The van der Waals surface area contributed by atoms with Gasteiger partial charge in [-0.2, -0.15) is 22.3 Å². The van der Waals surface area contributed by atoms with Gasteiger partial charge < -0.3 is 0 Å². The molecule has 0 amide bonds. The molecule has 22 heavy (non-hydrogen) atoms. The molecule has 1 heterocycles. The molecule has 2 atom stereocenters. The highest BCUT2D eigenvalue weighted by atomic mass is 32.2. The quantitative estimate of drug-likeness (QED) is 0.821. The number of fused-ring (bicyclic) bond motifs is 1. The second kappa shape index (κ2) is 6.62. The van der Waals surface area contributed by atoms with Gasteiger partial charge >= 0.3 is 0 Å². The maximum atomic E-state index is 12.7. The normalized spacial score (nSPS) is 20.0. The maximum absolute atomic E-state index is 12.7. The average molecular weight is 342 g/mol. The van der Waals surface area contributed by atoms with Gasteiger partial charge in [-0.25, -0.2) is 4.98 Å². The smallest absolute Gasteiger partial charge is 0.246 e. The van der Waals surface area contributed by atoms with Crippen molar-refractivity contribution in [3.63, 3.8) is 0 Å². The van der Waals surface area contributed by atoms with Crippen LogP contribution >= 0.6 is 11.3 Å². The topological polar surface area (TPSA) is 77.3 Å². The number of hydrogen-bond donors (Lipinski definition) is 0. The molecule has 122 valence electrons. The van der Waals surface area contributed by atoms with Crippen LogP contribution in [0.15, 0.2) is 0 Å². The van der Waals surface area contributed by atoms with Crippen molar-refractivity contribution in [3.8, 4) is 6.07 Å². The molecule has 2 unspecified atom stereocenters. The first-order valence-electron chi connectivity index (χ1n) is 7.32. The number of nitriles is 1. The Bertz CT molecular complexity index is 678. The summed E-state index contributed by atoms with van der Waals surface area (Å²) in [6.45, 7) is 3.87. The lowest BCUT2D eigenvalue weighted by molar-refractivity contribution is 0.307. The largest absolute Gasteiger partial charge is 0.282 e. The number of aryl methyl sites for hydroxylation is 2. The molecule has 6 nitrogen and oxygen atoms in total. The predicted molar refractivity (Wildman–Crippen MR) is 86.6 cm³/mol. The highest BCUT2D eigenvalue weighted by Gasteiger charge is 2.35. The number of thiazole rings is 1. The number of nitrogens with zero attached hydrogens (tertiary/aromatic N) is 4. The van der Waals surface area contributed by atoms with Gasteiger partial charge in [0, 0.05) is 25.5 Å². The summed E-state index contributed by atoms with van der Waals surface area (Å²) < 4.78 is 28.2. The zero-order chi connectivity index (χ0) is 16.5. The molecule has 1 aliphatic carbocycles. The van der Waals surface area contributed by atoms with Gasteiger partial charge in [0.25, 0.3) is 10.2 Å². The Morgan fingerprint density at radius 2 is 2.18 bits per heavy atom. The van der Waals surface area contributed by atoms with E-state index in [1.807, 2.05) is 6.92 Å². The van der Waals surface area contributed by atoms with E-state index < -0.39 is 10.2 Å². The van der Waals surface area contributed by atoms with Crippen molar-refractivity contribution in [3.05, 3.63) is 15.6 Å². The van der Waals surface area contributed by atoms with Crippen LogP contribution in [-0.4, -0.2) is 42.7 Å². The van der Waals surface area contributed by atoms with E-state index in [1.54, 1.807) is 25.3 Å². The van der Waals surface area contributed by atoms with Crippen LogP contribution in [-0.2, 0) is 16.6 Å². The van der Waals surface area contributed by atoms with Crippen molar-refractivity contribution in [2.45, 2.75) is 39.2 Å². The van der Waals surface area contributed by atoms with E-state index in [2.05, 4.69) is 11.1 Å². The summed E-state index contributed by atoms with van der Waals surface area (Å²) in [5.74, 6) is -0.333. The van der Waals surface area contributed by atoms with Crippen LogP contribution in [0.1, 0.15) is 41.4 Å². The lowest BCUT2D eigenvalue weighted by Gasteiger charge is -2.33. The Balaban J connectivity index is 2.24. The van der Waals surface area contributed by atoms with E-state index >= 15 is 0 Å². The first-order chi connectivity index (χ1) is 10.3. The molecule has 0 radical (unpaired) electrons. The van der Waals surface area contributed by atoms with Crippen molar-refractivity contribution in [1.29, 1.82) is 5.26 Å². The third kappa shape index (κ3) is 3.33.